The fourth-order valence-electron chi connectivity index (χ4n) is 4.48. The van der Waals surface area contributed by atoms with Gasteiger partial charge in [-0.3, -0.25) is 4.79 Å². The van der Waals surface area contributed by atoms with Crippen molar-refractivity contribution in [1.29, 1.82) is 0 Å². The molecule has 2 saturated carbocycles. The van der Waals surface area contributed by atoms with Crippen LogP contribution in [0.4, 0.5) is 0 Å². The monoisotopic (exact) mass is 362 g/mol. The van der Waals surface area contributed by atoms with Crippen molar-refractivity contribution < 1.29 is 19.4 Å². The van der Waals surface area contributed by atoms with E-state index in [1.165, 1.54) is 6.42 Å². The van der Waals surface area contributed by atoms with Crippen LogP contribution < -0.4 is 20.5 Å². The number of amides is 1. The molecule has 1 aromatic carbocycles. The number of rotatable bonds is 6. The maximum absolute atomic E-state index is 12.6. The second-order valence-electron chi connectivity index (χ2n) is 7.60. The van der Waals surface area contributed by atoms with E-state index >= 15 is 0 Å². The number of ether oxygens (including phenoxy) is 2. The average Bonchev–Trinajstić information content (AvgIpc) is 2.65. The van der Waals surface area contributed by atoms with Crippen LogP contribution in [0.2, 0.25) is 0 Å². The largest absolute Gasteiger partial charge is 0.497 e. The van der Waals surface area contributed by atoms with E-state index < -0.39 is 6.10 Å². The van der Waals surface area contributed by atoms with Gasteiger partial charge in [0.25, 0.3) is 0 Å². The van der Waals surface area contributed by atoms with E-state index in [0.717, 1.165) is 25.7 Å². The summed E-state index contributed by atoms with van der Waals surface area (Å²) in [6.45, 7) is 0.174. The molecule has 0 spiro atoms. The zero-order valence-electron chi connectivity index (χ0n) is 15.6. The number of carbonyl (C=O) groups is 1. The molecule has 3 rings (SSSR count). The second-order valence-corrected chi connectivity index (χ2v) is 7.60. The first-order chi connectivity index (χ1) is 12.5. The summed E-state index contributed by atoms with van der Waals surface area (Å²) in [6.07, 6.45) is 4.42. The SMILES string of the molecule is COc1cc(OC)cc(C(O)CNC(=O)C2CC3CCCC(C2)C3N)c1. The first-order valence-corrected chi connectivity index (χ1v) is 9.46. The molecule has 2 fully saturated rings. The van der Waals surface area contributed by atoms with Crippen molar-refractivity contribution in [3.8, 4) is 11.5 Å². The van der Waals surface area contributed by atoms with E-state index in [1.807, 2.05) is 0 Å². The van der Waals surface area contributed by atoms with Crippen LogP contribution in [-0.4, -0.2) is 37.8 Å². The minimum Gasteiger partial charge on any atom is -0.497 e. The molecule has 4 N–H and O–H groups in total. The van der Waals surface area contributed by atoms with E-state index in [1.54, 1.807) is 32.4 Å². The lowest BCUT2D eigenvalue weighted by Crippen LogP contribution is -2.49. The Balaban J connectivity index is 1.57. The number of hydrogen-bond acceptors (Lipinski definition) is 5. The Labute approximate surface area is 155 Å². The number of benzene rings is 1. The quantitative estimate of drug-likeness (QED) is 0.720. The fraction of sp³-hybridized carbons (Fsp3) is 0.650. The number of carbonyl (C=O) groups excluding carboxylic acids is 1. The van der Waals surface area contributed by atoms with Gasteiger partial charge < -0.3 is 25.6 Å². The van der Waals surface area contributed by atoms with Gasteiger partial charge in [-0.25, -0.2) is 0 Å². The van der Waals surface area contributed by atoms with Crippen molar-refractivity contribution in [2.75, 3.05) is 20.8 Å². The van der Waals surface area contributed by atoms with Crippen molar-refractivity contribution in [3.63, 3.8) is 0 Å². The number of aliphatic hydroxyl groups is 1. The number of hydrogen-bond donors (Lipinski definition) is 3. The highest BCUT2D eigenvalue weighted by atomic mass is 16.5. The first kappa shape index (κ1) is 19.0. The number of methoxy groups -OCH3 is 2. The molecule has 0 radical (unpaired) electrons. The maximum atomic E-state index is 12.6. The van der Waals surface area contributed by atoms with E-state index in [4.69, 9.17) is 15.2 Å². The third kappa shape index (κ3) is 4.13. The molecule has 2 bridgehead atoms. The van der Waals surface area contributed by atoms with Crippen LogP contribution >= 0.6 is 0 Å². The van der Waals surface area contributed by atoms with E-state index in [-0.39, 0.29) is 24.4 Å². The second kappa shape index (κ2) is 8.27. The van der Waals surface area contributed by atoms with Gasteiger partial charge in [-0.1, -0.05) is 6.42 Å². The molecule has 144 valence electrons. The fourth-order valence-corrected chi connectivity index (χ4v) is 4.48. The molecule has 6 nitrogen and oxygen atoms in total. The summed E-state index contributed by atoms with van der Waals surface area (Å²) < 4.78 is 10.5. The molecule has 2 aliphatic carbocycles. The van der Waals surface area contributed by atoms with Crippen LogP contribution in [0, 0.1) is 17.8 Å². The molecule has 2 aliphatic rings. The molecule has 0 aliphatic heterocycles. The Bertz CT molecular complexity index is 600. The predicted octanol–water partition coefficient (Wildman–Crippen LogP) is 2.01. The van der Waals surface area contributed by atoms with E-state index in [2.05, 4.69) is 5.32 Å². The summed E-state index contributed by atoms with van der Waals surface area (Å²) in [4.78, 5) is 12.6. The topological polar surface area (TPSA) is 93.8 Å². The Hall–Kier alpha value is -1.79. The van der Waals surface area contributed by atoms with Crippen molar-refractivity contribution in [2.45, 2.75) is 44.2 Å². The molecule has 6 heteroatoms. The van der Waals surface area contributed by atoms with Crippen molar-refractivity contribution in [1.82, 2.24) is 5.32 Å². The summed E-state index contributed by atoms with van der Waals surface area (Å²) in [5, 5.41) is 13.4. The highest BCUT2D eigenvalue weighted by Gasteiger charge is 2.40. The van der Waals surface area contributed by atoms with Crippen LogP contribution in [0.25, 0.3) is 0 Å². The van der Waals surface area contributed by atoms with Gasteiger partial charge >= 0.3 is 0 Å². The molecule has 0 saturated heterocycles. The highest BCUT2D eigenvalue weighted by molar-refractivity contribution is 5.78. The normalized spacial score (nSPS) is 28.9. The predicted molar refractivity (Wildman–Crippen MR) is 99.0 cm³/mol. The summed E-state index contributed by atoms with van der Waals surface area (Å²) in [7, 11) is 3.13. The molecule has 0 heterocycles. The Morgan fingerprint density at radius 3 is 2.31 bits per heavy atom. The summed E-state index contributed by atoms with van der Waals surface area (Å²) in [6, 6.07) is 5.51. The molecule has 26 heavy (non-hydrogen) atoms. The standard InChI is InChI=1S/C20H30N2O4/c1-25-16-8-14(9-17(10-16)26-2)18(23)11-22-20(24)15-6-12-4-3-5-13(7-15)19(12)21/h8-10,12-13,15,18-19,23H,3-7,11,21H2,1-2H3,(H,22,24). The van der Waals surface area contributed by atoms with E-state index in [9.17, 15) is 9.90 Å². The zero-order chi connectivity index (χ0) is 18.7. The van der Waals surface area contributed by atoms with Gasteiger partial charge in [0.15, 0.2) is 0 Å². The number of nitrogens with two attached hydrogens (primary N) is 1. The molecular weight excluding hydrogens is 332 g/mol. The van der Waals surface area contributed by atoms with Gasteiger partial charge in [-0.15, -0.1) is 0 Å². The number of fused-ring (bicyclic) bond motifs is 2. The average molecular weight is 362 g/mol. The summed E-state index contributed by atoms with van der Waals surface area (Å²) in [5.74, 6) is 2.19. The van der Waals surface area contributed by atoms with Crippen LogP contribution in [0.5, 0.6) is 11.5 Å². The molecule has 1 aromatic rings. The van der Waals surface area contributed by atoms with Crippen molar-refractivity contribution in [3.05, 3.63) is 23.8 Å². The van der Waals surface area contributed by atoms with Crippen LogP contribution in [-0.2, 0) is 4.79 Å². The van der Waals surface area contributed by atoms with Gasteiger partial charge in [0.1, 0.15) is 11.5 Å². The Morgan fingerprint density at radius 2 is 1.77 bits per heavy atom. The van der Waals surface area contributed by atoms with Gasteiger partial charge in [0.05, 0.1) is 20.3 Å². The molecule has 3 atom stereocenters. The third-order valence-corrected chi connectivity index (χ3v) is 6.01. The van der Waals surface area contributed by atoms with Gasteiger partial charge in [-0.2, -0.15) is 0 Å². The smallest absolute Gasteiger partial charge is 0.223 e. The van der Waals surface area contributed by atoms with Crippen LogP contribution in [0.3, 0.4) is 0 Å². The molecule has 0 aromatic heterocycles. The third-order valence-electron chi connectivity index (χ3n) is 6.01. The minimum absolute atomic E-state index is 0.0112. The Kier molecular flexibility index (Phi) is 6.04. The first-order valence-electron chi connectivity index (χ1n) is 9.46. The number of aliphatic hydroxyl groups excluding tert-OH is 1. The summed E-state index contributed by atoms with van der Waals surface area (Å²) >= 11 is 0. The molecular formula is C20H30N2O4. The summed E-state index contributed by atoms with van der Waals surface area (Å²) in [5.41, 5.74) is 6.96. The van der Waals surface area contributed by atoms with Crippen LogP contribution in [0.1, 0.15) is 43.8 Å². The van der Waals surface area contributed by atoms with Crippen LogP contribution in [0.15, 0.2) is 18.2 Å². The molecule has 3 unspecified atom stereocenters. The minimum atomic E-state index is -0.812. The van der Waals surface area contributed by atoms with E-state index in [0.29, 0.717) is 28.9 Å². The van der Waals surface area contributed by atoms with Crippen molar-refractivity contribution in [2.24, 2.45) is 23.5 Å². The van der Waals surface area contributed by atoms with Gasteiger partial charge in [0, 0.05) is 24.6 Å². The number of nitrogens with one attached hydrogen (secondary N) is 1. The lowest BCUT2D eigenvalue weighted by atomic mass is 9.65. The van der Waals surface area contributed by atoms with Gasteiger partial charge in [-0.05, 0) is 55.2 Å². The lowest BCUT2D eigenvalue weighted by molar-refractivity contribution is -0.128. The van der Waals surface area contributed by atoms with Crippen molar-refractivity contribution >= 4 is 5.91 Å². The maximum Gasteiger partial charge on any atom is 0.223 e. The Morgan fingerprint density at radius 1 is 1.19 bits per heavy atom. The highest BCUT2D eigenvalue weighted by Crippen LogP contribution is 2.41. The molecule has 1 amide bonds. The zero-order valence-corrected chi connectivity index (χ0v) is 15.6. The van der Waals surface area contributed by atoms with Gasteiger partial charge in [0.2, 0.25) is 5.91 Å². The lowest BCUT2D eigenvalue weighted by Gasteiger charge is -2.43.